The molecule has 10 nitrogen and oxygen atoms in total. The van der Waals surface area contributed by atoms with Crippen LogP contribution in [-0.2, 0) is 11.2 Å². The second-order valence-corrected chi connectivity index (χ2v) is 7.87. The summed E-state index contributed by atoms with van der Waals surface area (Å²) in [7, 11) is 0. The molecule has 0 saturated heterocycles. The number of hydrogen-bond donors (Lipinski definition) is 3. The number of nitrogens with zero attached hydrogens (tertiary/aromatic N) is 6. The van der Waals surface area contributed by atoms with Gasteiger partial charge in [0.25, 0.3) is 0 Å². The Hall–Kier alpha value is -3.34. The molecule has 0 spiro atoms. The van der Waals surface area contributed by atoms with Crippen molar-refractivity contribution in [3.05, 3.63) is 53.1 Å². The van der Waals surface area contributed by atoms with Crippen LogP contribution in [0.1, 0.15) is 28.5 Å². The van der Waals surface area contributed by atoms with Gasteiger partial charge in [0.15, 0.2) is 5.16 Å². The predicted octanol–water partition coefficient (Wildman–Crippen LogP) is 2.14. The minimum Gasteiger partial charge on any atom is -0.348 e. The number of aryl methyl sites for hydroxylation is 4. The third kappa shape index (κ3) is 7.45. The third-order valence-electron chi connectivity index (χ3n) is 3.97. The van der Waals surface area contributed by atoms with E-state index in [-0.39, 0.29) is 17.6 Å². The van der Waals surface area contributed by atoms with Crippen LogP contribution in [0, 0.1) is 27.7 Å². The van der Waals surface area contributed by atoms with Crippen molar-refractivity contribution in [2.45, 2.75) is 39.3 Å². The predicted molar refractivity (Wildman–Crippen MR) is 120 cm³/mol. The summed E-state index contributed by atoms with van der Waals surface area (Å²) >= 11 is 1.27. The summed E-state index contributed by atoms with van der Waals surface area (Å²) in [6, 6.07) is 3.77. The molecule has 3 rings (SSSR count). The highest BCUT2D eigenvalue weighted by atomic mass is 32.2. The first-order valence-corrected chi connectivity index (χ1v) is 10.7. The van der Waals surface area contributed by atoms with Gasteiger partial charge in [-0.15, -0.1) is 0 Å². The second kappa shape index (κ2) is 10.6. The van der Waals surface area contributed by atoms with E-state index in [1.54, 1.807) is 12.5 Å². The number of H-pyrrole nitrogens is 1. The fourth-order valence-corrected chi connectivity index (χ4v) is 3.51. The van der Waals surface area contributed by atoms with Crippen molar-refractivity contribution in [3.63, 3.8) is 0 Å². The normalized spacial score (nSPS) is 11.4. The summed E-state index contributed by atoms with van der Waals surface area (Å²) < 4.78 is 0. The Bertz CT molecular complexity index is 1030. The van der Waals surface area contributed by atoms with Crippen molar-refractivity contribution in [2.75, 3.05) is 17.6 Å². The number of nitrogens with one attached hydrogen (secondary N) is 3. The van der Waals surface area contributed by atoms with Gasteiger partial charge in [-0.25, -0.2) is 24.9 Å². The SMILES string of the molecule is Cc1cc(C)nc(NC(=NCCc2cnc[nH]2)NC(=O)CSc2nc(C)cc(C)n2)n1. The zero-order valence-corrected chi connectivity index (χ0v) is 18.7. The van der Waals surface area contributed by atoms with Gasteiger partial charge in [-0.2, -0.15) is 0 Å². The van der Waals surface area contributed by atoms with E-state index in [1.165, 1.54) is 11.8 Å². The number of guanidine groups is 1. The molecule has 0 saturated carbocycles. The molecule has 3 N–H and O–H groups in total. The molecular weight excluding hydrogens is 414 g/mol. The Balaban J connectivity index is 1.66. The van der Waals surface area contributed by atoms with Crippen LogP contribution < -0.4 is 10.6 Å². The zero-order valence-electron chi connectivity index (χ0n) is 17.9. The highest BCUT2D eigenvalue weighted by Gasteiger charge is 2.11. The van der Waals surface area contributed by atoms with Crippen molar-refractivity contribution in [2.24, 2.45) is 4.99 Å². The second-order valence-electron chi connectivity index (χ2n) is 6.93. The summed E-state index contributed by atoms with van der Waals surface area (Å²) in [6.07, 6.45) is 4.02. The molecule has 0 aliphatic heterocycles. The standard InChI is InChI=1S/C20H25N9OS/c1-12-7-13(2)25-19(24-12)29-18(22-6-5-16-9-21-11-23-16)28-17(30)10-31-20-26-14(3)8-15(4)27-20/h7-9,11H,5-6,10H2,1-4H3,(H,21,23)(H2,22,24,25,28,29,30). The van der Waals surface area contributed by atoms with E-state index >= 15 is 0 Å². The molecule has 1 amide bonds. The van der Waals surface area contributed by atoms with Gasteiger partial charge in [0.2, 0.25) is 17.8 Å². The van der Waals surface area contributed by atoms with Crippen molar-refractivity contribution >= 4 is 29.6 Å². The first-order chi connectivity index (χ1) is 14.9. The number of aromatic nitrogens is 6. The first kappa shape index (κ1) is 22.3. The molecule has 0 atom stereocenters. The van der Waals surface area contributed by atoms with Crippen LogP contribution in [0.15, 0.2) is 34.8 Å². The summed E-state index contributed by atoms with van der Waals surface area (Å²) in [6.45, 7) is 8.01. The number of rotatable bonds is 7. The Labute approximate surface area is 184 Å². The van der Waals surface area contributed by atoms with E-state index in [0.717, 1.165) is 28.5 Å². The van der Waals surface area contributed by atoms with E-state index in [9.17, 15) is 4.79 Å². The van der Waals surface area contributed by atoms with Crippen LogP contribution in [0.2, 0.25) is 0 Å². The molecule has 0 aliphatic carbocycles. The largest absolute Gasteiger partial charge is 0.348 e. The molecule has 3 heterocycles. The number of hydrogen-bond acceptors (Lipinski definition) is 8. The Morgan fingerprint density at radius 1 is 1.03 bits per heavy atom. The highest BCUT2D eigenvalue weighted by Crippen LogP contribution is 2.13. The highest BCUT2D eigenvalue weighted by molar-refractivity contribution is 7.99. The fourth-order valence-electron chi connectivity index (χ4n) is 2.76. The molecule has 0 bridgehead atoms. The quantitative estimate of drug-likeness (QED) is 0.221. The maximum atomic E-state index is 12.5. The van der Waals surface area contributed by atoms with Gasteiger partial charge < -0.3 is 4.98 Å². The van der Waals surface area contributed by atoms with E-state index in [4.69, 9.17) is 0 Å². The molecule has 31 heavy (non-hydrogen) atoms. The van der Waals surface area contributed by atoms with Crippen molar-refractivity contribution < 1.29 is 4.79 Å². The Morgan fingerprint density at radius 3 is 2.29 bits per heavy atom. The maximum Gasteiger partial charge on any atom is 0.237 e. The van der Waals surface area contributed by atoms with Crippen LogP contribution in [0.25, 0.3) is 0 Å². The summed E-state index contributed by atoms with van der Waals surface area (Å²) in [5.74, 6) is 0.586. The number of carbonyl (C=O) groups is 1. The smallest absolute Gasteiger partial charge is 0.237 e. The number of aliphatic imine (C=N–C) groups is 1. The maximum absolute atomic E-state index is 12.5. The minimum atomic E-state index is -0.232. The van der Waals surface area contributed by atoms with Crippen molar-refractivity contribution in [1.82, 2.24) is 35.2 Å². The zero-order chi connectivity index (χ0) is 22.2. The molecule has 11 heteroatoms. The Morgan fingerprint density at radius 2 is 1.68 bits per heavy atom. The molecule has 0 aromatic carbocycles. The van der Waals surface area contributed by atoms with E-state index in [0.29, 0.717) is 24.1 Å². The first-order valence-electron chi connectivity index (χ1n) is 9.73. The lowest BCUT2D eigenvalue weighted by molar-refractivity contribution is -0.117. The number of carbonyl (C=O) groups excluding carboxylic acids is 1. The number of aromatic amines is 1. The summed E-state index contributed by atoms with van der Waals surface area (Å²) in [4.78, 5) is 41.5. The molecule has 3 aromatic heterocycles. The number of anilines is 1. The lowest BCUT2D eigenvalue weighted by Gasteiger charge is -2.11. The van der Waals surface area contributed by atoms with Gasteiger partial charge in [0.05, 0.1) is 12.1 Å². The number of thioether (sulfide) groups is 1. The number of imidazole rings is 1. The van der Waals surface area contributed by atoms with Crippen LogP contribution in [-0.4, -0.2) is 54.1 Å². The topological polar surface area (TPSA) is 134 Å². The average Bonchev–Trinajstić information content (AvgIpc) is 3.18. The van der Waals surface area contributed by atoms with Gasteiger partial charge in [-0.3, -0.25) is 20.4 Å². The fraction of sp³-hybridized carbons (Fsp3) is 0.350. The van der Waals surface area contributed by atoms with Gasteiger partial charge in [-0.1, -0.05) is 11.8 Å². The lowest BCUT2D eigenvalue weighted by Crippen LogP contribution is -2.38. The third-order valence-corrected chi connectivity index (χ3v) is 4.82. The van der Waals surface area contributed by atoms with Crippen LogP contribution in [0.3, 0.4) is 0 Å². The van der Waals surface area contributed by atoms with Gasteiger partial charge in [-0.05, 0) is 39.8 Å². The van der Waals surface area contributed by atoms with Gasteiger partial charge >= 0.3 is 0 Å². The van der Waals surface area contributed by atoms with Crippen LogP contribution in [0.5, 0.6) is 0 Å². The van der Waals surface area contributed by atoms with Crippen molar-refractivity contribution in [1.29, 1.82) is 0 Å². The van der Waals surface area contributed by atoms with Crippen LogP contribution >= 0.6 is 11.8 Å². The van der Waals surface area contributed by atoms with E-state index < -0.39 is 0 Å². The average molecular weight is 440 g/mol. The lowest BCUT2D eigenvalue weighted by atomic mass is 10.3. The Kier molecular flexibility index (Phi) is 7.65. The van der Waals surface area contributed by atoms with E-state index in [2.05, 4.69) is 45.5 Å². The monoisotopic (exact) mass is 439 g/mol. The molecule has 162 valence electrons. The summed E-state index contributed by atoms with van der Waals surface area (Å²) in [5.41, 5.74) is 4.33. The minimum absolute atomic E-state index is 0.151. The van der Waals surface area contributed by atoms with Gasteiger partial charge in [0, 0.05) is 47.6 Å². The number of amides is 1. The molecular formula is C20H25N9OS. The van der Waals surface area contributed by atoms with Gasteiger partial charge in [0.1, 0.15) is 0 Å². The van der Waals surface area contributed by atoms with Crippen LogP contribution in [0.4, 0.5) is 5.95 Å². The molecule has 3 aromatic rings. The molecule has 0 fully saturated rings. The summed E-state index contributed by atoms with van der Waals surface area (Å²) in [5, 5.41) is 6.39. The van der Waals surface area contributed by atoms with Crippen molar-refractivity contribution in [3.8, 4) is 0 Å². The molecule has 0 aliphatic rings. The van der Waals surface area contributed by atoms with E-state index in [1.807, 2.05) is 39.8 Å². The molecule has 0 radical (unpaired) electrons. The molecule has 0 unspecified atom stereocenters.